The quantitative estimate of drug-likeness (QED) is 0.592. The molecule has 0 aromatic carbocycles. The highest BCUT2D eigenvalue weighted by molar-refractivity contribution is 5.77. The van der Waals surface area contributed by atoms with Crippen molar-refractivity contribution in [2.45, 2.75) is 26.4 Å². The Morgan fingerprint density at radius 2 is 2.16 bits per heavy atom. The van der Waals surface area contributed by atoms with E-state index in [9.17, 15) is 13.2 Å². The number of halogens is 3. The molecule has 4 nitrogen and oxygen atoms in total. The summed E-state index contributed by atoms with van der Waals surface area (Å²) in [7, 11) is 0. The van der Waals surface area contributed by atoms with Gasteiger partial charge in [-0.05, 0) is 24.8 Å². The lowest BCUT2D eigenvalue weighted by Gasteiger charge is -2.18. The van der Waals surface area contributed by atoms with E-state index in [0.29, 0.717) is 38.1 Å². The van der Waals surface area contributed by atoms with Crippen LogP contribution in [0.2, 0.25) is 0 Å². The van der Waals surface area contributed by atoms with E-state index < -0.39 is 12.7 Å². The standard InChI is InChI=1S/C12H23F3N4/c1-9(2)5-17-11(16)18-6-10-3-4-19(7-10)8-12(13,14)15/h9-10H,3-8H2,1-2H3,(H3,16,17,18). The number of guanidine groups is 1. The summed E-state index contributed by atoms with van der Waals surface area (Å²) in [4.78, 5) is 5.59. The molecule has 0 radical (unpaired) electrons. The third-order valence-corrected chi connectivity index (χ3v) is 2.97. The van der Waals surface area contributed by atoms with E-state index in [2.05, 4.69) is 10.3 Å². The predicted molar refractivity (Wildman–Crippen MR) is 69.9 cm³/mol. The molecular weight excluding hydrogens is 257 g/mol. The normalized spacial score (nSPS) is 22.2. The molecule has 1 aliphatic rings. The highest BCUT2D eigenvalue weighted by Gasteiger charge is 2.34. The van der Waals surface area contributed by atoms with Crippen molar-refractivity contribution in [3.8, 4) is 0 Å². The Bertz CT molecular complexity index is 302. The van der Waals surface area contributed by atoms with Crippen molar-refractivity contribution in [2.75, 3.05) is 32.7 Å². The van der Waals surface area contributed by atoms with Crippen molar-refractivity contribution in [1.29, 1.82) is 0 Å². The second-order valence-corrected chi connectivity index (χ2v) is 5.51. The monoisotopic (exact) mass is 280 g/mol. The topological polar surface area (TPSA) is 53.6 Å². The number of likely N-dealkylation sites (tertiary alicyclic amines) is 1. The van der Waals surface area contributed by atoms with Gasteiger partial charge in [0.15, 0.2) is 5.96 Å². The first-order valence-corrected chi connectivity index (χ1v) is 6.59. The zero-order chi connectivity index (χ0) is 14.5. The van der Waals surface area contributed by atoms with Gasteiger partial charge in [-0.25, -0.2) is 0 Å². The largest absolute Gasteiger partial charge is 0.401 e. The average Bonchev–Trinajstić information content (AvgIpc) is 2.68. The molecule has 19 heavy (non-hydrogen) atoms. The number of aliphatic imine (C=N–C) groups is 1. The van der Waals surface area contributed by atoms with E-state index in [1.165, 1.54) is 4.90 Å². The molecule has 0 bridgehead atoms. The van der Waals surface area contributed by atoms with Crippen molar-refractivity contribution in [3.63, 3.8) is 0 Å². The molecule has 0 spiro atoms. The number of rotatable bonds is 5. The van der Waals surface area contributed by atoms with Gasteiger partial charge in [-0.15, -0.1) is 0 Å². The Hall–Kier alpha value is -0.980. The molecule has 1 unspecified atom stereocenters. The number of nitrogens with zero attached hydrogens (tertiary/aromatic N) is 2. The van der Waals surface area contributed by atoms with Crippen LogP contribution in [0.15, 0.2) is 4.99 Å². The molecule has 0 amide bonds. The van der Waals surface area contributed by atoms with Crippen molar-refractivity contribution < 1.29 is 13.2 Å². The third kappa shape index (κ3) is 7.25. The van der Waals surface area contributed by atoms with Crippen LogP contribution in [0.1, 0.15) is 20.3 Å². The smallest absolute Gasteiger partial charge is 0.370 e. The minimum atomic E-state index is -4.11. The summed E-state index contributed by atoms with van der Waals surface area (Å²) in [6.07, 6.45) is -3.35. The van der Waals surface area contributed by atoms with E-state index >= 15 is 0 Å². The molecule has 0 aliphatic carbocycles. The maximum Gasteiger partial charge on any atom is 0.401 e. The van der Waals surface area contributed by atoms with Crippen molar-refractivity contribution >= 4 is 5.96 Å². The lowest BCUT2D eigenvalue weighted by atomic mass is 10.1. The maximum atomic E-state index is 12.2. The Morgan fingerprint density at radius 3 is 2.74 bits per heavy atom. The van der Waals surface area contributed by atoms with Crippen LogP contribution in [0.5, 0.6) is 0 Å². The van der Waals surface area contributed by atoms with E-state index in [0.717, 1.165) is 6.42 Å². The number of hydrogen-bond donors (Lipinski definition) is 2. The highest BCUT2D eigenvalue weighted by atomic mass is 19.4. The molecule has 3 N–H and O–H groups in total. The van der Waals surface area contributed by atoms with Crippen molar-refractivity contribution in [1.82, 2.24) is 10.2 Å². The zero-order valence-electron chi connectivity index (χ0n) is 11.5. The fraction of sp³-hybridized carbons (Fsp3) is 0.917. The summed E-state index contributed by atoms with van der Waals surface area (Å²) in [6.45, 7) is 5.47. The van der Waals surface area contributed by atoms with Gasteiger partial charge in [-0.1, -0.05) is 13.8 Å². The first-order chi connectivity index (χ1) is 8.76. The predicted octanol–water partition coefficient (Wildman–Crippen LogP) is 1.43. The number of nitrogens with one attached hydrogen (secondary N) is 1. The number of nitrogens with two attached hydrogens (primary N) is 1. The number of alkyl halides is 3. The van der Waals surface area contributed by atoms with Crippen LogP contribution in [-0.4, -0.2) is 49.8 Å². The van der Waals surface area contributed by atoms with Gasteiger partial charge >= 0.3 is 6.18 Å². The van der Waals surface area contributed by atoms with Gasteiger partial charge < -0.3 is 11.1 Å². The molecule has 0 saturated carbocycles. The van der Waals surface area contributed by atoms with Crippen LogP contribution < -0.4 is 11.1 Å². The van der Waals surface area contributed by atoms with Gasteiger partial charge in [0.2, 0.25) is 0 Å². The first kappa shape index (κ1) is 16.1. The van der Waals surface area contributed by atoms with Crippen molar-refractivity contribution in [3.05, 3.63) is 0 Å². The Morgan fingerprint density at radius 1 is 1.47 bits per heavy atom. The number of hydrogen-bond acceptors (Lipinski definition) is 2. The lowest BCUT2D eigenvalue weighted by molar-refractivity contribution is -0.143. The van der Waals surface area contributed by atoms with Gasteiger partial charge in [0, 0.05) is 19.6 Å². The first-order valence-electron chi connectivity index (χ1n) is 6.59. The summed E-state index contributed by atoms with van der Waals surface area (Å²) >= 11 is 0. The van der Waals surface area contributed by atoms with Gasteiger partial charge in [0.05, 0.1) is 6.54 Å². The van der Waals surface area contributed by atoms with Crippen molar-refractivity contribution in [2.24, 2.45) is 22.6 Å². The van der Waals surface area contributed by atoms with Crippen LogP contribution in [0, 0.1) is 11.8 Å². The molecule has 0 aromatic heterocycles. The summed E-state index contributed by atoms with van der Waals surface area (Å²) in [5, 5.41) is 2.98. The summed E-state index contributed by atoms with van der Waals surface area (Å²) in [5.74, 6) is 1.02. The van der Waals surface area contributed by atoms with Crippen LogP contribution in [0.3, 0.4) is 0 Å². The summed E-state index contributed by atoms with van der Waals surface area (Å²) in [5.41, 5.74) is 5.68. The summed E-state index contributed by atoms with van der Waals surface area (Å²) in [6, 6.07) is 0. The molecule has 1 atom stereocenters. The van der Waals surface area contributed by atoms with Gasteiger partial charge in [-0.2, -0.15) is 13.2 Å². The molecule has 7 heteroatoms. The SMILES string of the molecule is CC(C)CN=C(N)NCC1CCN(CC(F)(F)F)C1. The molecule has 1 fully saturated rings. The third-order valence-electron chi connectivity index (χ3n) is 2.97. The second kappa shape index (κ2) is 6.98. The van der Waals surface area contributed by atoms with E-state index in [1.807, 2.05) is 13.8 Å². The molecule has 1 aliphatic heterocycles. The minimum absolute atomic E-state index is 0.204. The Labute approximate surface area is 112 Å². The van der Waals surface area contributed by atoms with Crippen LogP contribution in [0.25, 0.3) is 0 Å². The van der Waals surface area contributed by atoms with E-state index in [-0.39, 0.29) is 5.92 Å². The Kier molecular flexibility index (Phi) is 5.90. The lowest BCUT2D eigenvalue weighted by Crippen LogP contribution is -2.37. The molecular formula is C12H23F3N4. The second-order valence-electron chi connectivity index (χ2n) is 5.51. The zero-order valence-corrected chi connectivity index (χ0v) is 11.5. The molecule has 112 valence electrons. The maximum absolute atomic E-state index is 12.2. The van der Waals surface area contributed by atoms with Crippen LogP contribution >= 0.6 is 0 Å². The van der Waals surface area contributed by atoms with Crippen LogP contribution in [-0.2, 0) is 0 Å². The van der Waals surface area contributed by atoms with Gasteiger partial charge in [0.1, 0.15) is 0 Å². The molecule has 1 heterocycles. The van der Waals surface area contributed by atoms with Gasteiger partial charge in [-0.3, -0.25) is 9.89 Å². The van der Waals surface area contributed by atoms with Crippen LogP contribution in [0.4, 0.5) is 13.2 Å². The Balaban J connectivity index is 2.23. The fourth-order valence-corrected chi connectivity index (χ4v) is 2.06. The minimum Gasteiger partial charge on any atom is -0.370 e. The highest BCUT2D eigenvalue weighted by Crippen LogP contribution is 2.22. The van der Waals surface area contributed by atoms with E-state index in [1.54, 1.807) is 0 Å². The fourth-order valence-electron chi connectivity index (χ4n) is 2.06. The van der Waals surface area contributed by atoms with Gasteiger partial charge in [0.25, 0.3) is 0 Å². The molecule has 1 rings (SSSR count). The average molecular weight is 280 g/mol. The van der Waals surface area contributed by atoms with E-state index in [4.69, 9.17) is 5.73 Å². The molecule has 0 aromatic rings. The summed E-state index contributed by atoms with van der Waals surface area (Å²) < 4.78 is 36.7. The molecule has 1 saturated heterocycles.